The first-order valence-corrected chi connectivity index (χ1v) is 10.5. The summed E-state index contributed by atoms with van der Waals surface area (Å²) < 4.78 is 45.4. The van der Waals surface area contributed by atoms with Gasteiger partial charge in [-0.25, -0.2) is 13.2 Å². The van der Waals surface area contributed by atoms with Crippen LogP contribution in [0.15, 0.2) is 36.4 Å². The molecular weight excluding hydrogens is 401 g/mol. The molecule has 0 saturated heterocycles. The third kappa shape index (κ3) is 3.97. The molecule has 3 nitrogen and oxygen atoms in total. The largest absolute Gasteiger partial charge is 0.508 e. The summed E-state index contributed by atoms with van der Waals surface area (Å²) in [6.07, 6.45) is 3.96. The van der Waals surface area contributed by atoms with Crippen LogP contribution in [-0.4, -0.2) is 33.2 Å². The van der Waals surface area contributed by atoms with Gasteiger partial charge in [0.2, 0.25) is 0 Å². The fraction of sp³-hybridized carbons (Fsp3) is 0.360. The predicted molar refractivity (Wildman–Crippen MR) is 118 cm³/mol. The first kappa shape index (κ1) is 21.5. The second-order valence-electron chi connectivity index (χ2n) is 8.99. The number of allylic oxidation sites excluding steroid dienone is 1. The van der Waals surface area contributed by atoms with Crippen molar-refractivity contribution >= 4 is 17.0 Å². The highest BCUT2D eigenvalue weighted by Crippen LogP contribution is 2.43. The predicted octanol–water partition coefficient (Wildman–Crippen LogP) is 6.27. The molecule has 1 aliphatic heterocycles. The van der Waals surface area contributed by atoms with Crippen LogP contribution >= 0.6 is 0 Å². The molecule has 6 heteroatoms. The van der Waals surface area contributed by atoms with Crippen molar-refractivity contribution < 1.29 is 18.3 Å². The van der Waals surface area contributed by atoms with Gasteiger partial charge in [0, 0.05) is 40.8 Å². The van der Waals surface area contributed by atoms with Crippen molar-refractivity contribution in [3.8, 4) is 5.75 Å². The summed E-state index contributed by atoms with van der Waals surface area (Å²) in [5.41, 5.74) is 1.06. The summed E-state index contributed by atoms with van der Waals surface area (Å²) in [5.74, 6) is -1.23. The van der Waals surface area contributed by atoms with Gasteiger partial charge in [-0.3, -0.25) is 4.90 Å². The lowest BCUT2D eigenvalue weighted by Crippen LogP contribution is -2.48. The van der Waals surface area contributed by atoms with E-state index in [0.717, 1.165) is 10.9 Å². The first-order chi connectivity index (χ1) is 14.6. The van der Waals surface area contributed by atoms with E-state index in [9.17, 15) is 9.50 Å². The molecule has 2 heterocycles. The molecule has 0 bridgehead atoms. The fourth-order valence-electron chi connectivity index (χ4n) is 4.70. The number of benzene rings is 2. The van der Waals surface area contributed by atoms with Crippen LogP contribution in [-0.2, 0) is 6.42 Å². The number of fused-ring (bicyclic) bond motifs is 3. The number of aromatic amines is 1. The third-order valence-corrected chi connectivity index (χ3v) is 5.89. The molecule has 2 aromatic carbocycles. The minimum absolute atomic E-state index is 0.0222. The number of alkyl halides is 1. The number of nitrogens with one attached hydrogen (secondary N) is 1. The van der Waals surface area contributed by atoms with Crippen LogP contribution < -0.4 is 0 Å². The summed E-state index contributed by atoms with van der Waals surface area (Å²) in [7, 11) is 0. The molecule has 4 rings (SSSR count). The van der Waals surface area contributed by atoms with E-state index in [1.807, 2.05) is 11.8 Å². The average molecular weight is 428 g/mol. The minimum Gasteiger partial charge on any atom is -0.508 e. The summed E-state index contributed by atoms with van der Waals surface area (Å²) in [4.78, 5) is 5.09. The summed E-state index contributed by atoms with van der Waals surface area (Å²) >= 11 is 0. The zero-order valence-electron chi connectivity index (χ0n) is 18.1. The van der Waals surface area contributed by atoms with E-state index in [1.54, 1.807) is 37.3 Å². The molecule has 0 unspecified atom stereocenters. The van der Waals surface area contributed by atoms with Crippen molar-refractivity contribution in [2.45, 2.75) is 51.9 Å². The fourth-order valence-corrected chi connectivity index (χ4v) is 4.70. The van der Waals surface area contributed by atoms with Crippen LogP contribution in [0.1, 0.15) is 56.1 Å². The van der Waals surface area contributed by atoms with Gasteiger partial charge >= 0.3 is 0 Å². The lowest BCUT2D eigenvalue weighted by Gasteiger charge is -2.43. The normalized spacial score (nSPS) is 20.0. The van der Waals surface area contributed by atoms with Gasteiger partial charge in [0.05, 0.1) is 6.04 Å². The zero-order chi connectivity index (χ0) is 22.5. The summed E-state index contributed by atoms with van der Waals surface area (Å²) in [6, 6.07) is 6.66. The minimum atomic E-state index is -1.55. The first-order valence-electron chi connectivity index (χ1n) is 10.5. The van der Waals surface area contributed by atoms with Gasteiger partial charge in [-0.1, -0.05) is 12.2 Å². The van der Waals surface area contributed by atoms with E-state index in [0.29, 0.717) is 23.2 Å². The Morgan fingerprint density at radius 2 is 1.87 bits per heavy atom. The Morgan fingerprint density at radius 3 is 2.48 bits per heavy atom. The van der Waals surface area contributed by atoms with Crippen molar-refractivity contribution in [2.24, 2.45) is 0 Å². The molecule has 2 atom stereocenters. The highest BCUT2D eigenvalue weighted by atomic mass is 19.1. The number of nitrogens with zero attached hydrogens (tertiary/aromatic N) is 1. The van der Waals surface area contributed by atoms with Crippen molar-refractivity contribution in [3.05, 3.63) is 70.4 Å². The Labute approximate surface area is 180 Å². The number of phenols is 1. The molecule has 0 saturated carbocycles. The van der Waals surface area contributed by atoms with Gasteiger partial charge in [-0.2, -0.15) is 0 Å². The standard InChI is InChI=1S/C25H27F3N2O/c1-5-6-15-10-19(26)22(20(27)11-15)24-23-18(9-14(2)30(24)13-25(3,4)28)17-8-7-16(31)12-21(17)29-23/h5-8,10-12,14,24,29,31H,9,13H2,1-4H3/b6-5+/t14-,24-/m1/s1. The van der Waals surface area contributed by atoms with Gasteiger partial charge in [0.1, 0.15) is 23.1 Å². The van der Waals surface area contributed by atoms with Gasteiger partial charge in [0.15, 0.2) is 0 Å². The molecule has 1 aromatic heterocycles. The number of H-pyrrole nitrogens is 1. The molecular formula is C25H27F3N2O. The molecule has 0 spiro atoms. The number of aromatic hydroxyl groups is 1. The Hall–Kier alpha value is -2.73. The third-order valence-electron chi connectivity index (χ3n) is 5.89. The SMILES string of the molecule is C/C=C/c1cc(F)c([C@@H]2c3[nH]c4cc(O)ccc4c3C[C@@H](C)N2CC(C)(C)F)c(F)c1. The summed E-state index contributed by atoms with van der Waals surface area (Å²) in [5, 5.41) is 10.8. The molecule has 2 N–H and O–H groups in total. The topological polar surface area (TPSA) is 39.3 Å². The van der Waals surface area contributed by atoms with Crippen LogP contribution in [0.3, 0.4) is 0 Å². The Bertz CT molecular complexity index is 1140. The molecule has 1 aliphatic rings. The molecule has 3 aromatic rings. The summed E-state index contributed by atoms with van der Waals surface area (Å²) in [6.45, 7) is 6.69. The van der Waals surface area contributed by atoms with Crippen molar-refractivity contribution in [1.82, 2.24) is 9.88 Å². The van der Waals surface area contributed by atoms with E-state index in [1.165, 1.54) is 26.0 Å². The van der Waals surface area contributed by atoms with Crippen molar-refractivity contribution in [3.63, 3.8) is 0 Å². The maximum absolute atomic E-state index is 15.3. The van der Waals surface area contributed by atoms with Crippen LogP contribution in [0.4, 0.5) is 13.2 Å². The highest BCUT2D eigenvalue weighted by molar-refractivity contribution is 5.86. The second kappa shape index (κ2) is 7.75. The van der Waals surface area contributed by atoms with E-state index < -0.39 is 23.3 Å². The lowest BCUT2D eigenvalue weighted by molar-refractivity contribution is 0.0643. The maximum Gasteiger partial charge on any atom is 0.131 e. The van der Waals surface area contributed by atoms with Gasteiger partial charge in [-0.15, -0.1) is 0 Å². The van der Waals surface area contributed by atoms with Crippen LogP contribution in [0.25, 0.3) is 17.0 Å². The van der Waals surface area contributed by atoms with E-state index >= 15 is 8.78 Å². The lowest BCUT2D eigenvalue weighted by atomic mass is 9.87. The highest BCUT2D eigenvalue weighted by Gasteiger charge is 2.40. The number of phenolic OH excluding ortho intramolecular Hbond substituents is 1. The van der Waals surface area contributed by atoms with E-state index in [-0.39, 0.29) is 23.9 Å². The molecule has 31 heavy (non-hydrogen) atoms. The average Bonchev–Trinajstić information content (AvgIpc) is 2.99. The Balaban J connectivity index is 1.97. The van der Waals surface area contributed by atoms with E-state index in [2.05, 4.69) is 4.98 Å². The van der Waals surface area contributed by atoms with Crippen LogP contribution in [0, 0.1) is 11.6 Å². The second-order valence-corrected chi connectivity index (χ2v) is 8.99. The zero-order valence-corrected chi connectivity index (χ0v) is 18.1. The Kier molecular flexibility index (Phi) is 5.38. The maximum atomic E-state index is 15.3. The van der Waals surface area contributed by atoms with Crippen molar-refractivity contribution in [1.29, 1.82) is 0 Å². The number of hydrogen-bond acceptors (Lipinski definition) is 2. The van der Waals surface area contributed by atoms with Gasteiger partial charge < -0.3 is 10.1 Å². The number of hydrogen-bond donors (Lipinski definition) is 2. The Morgan fingerprint density at radius 1 is 1.19 bits per heavy atom. The van der Waals surface area contributed by atoms with Crippen LogP contribution in [0.2, 0.25) is 0 Å². The molecule has 164 valence electrons. The molecule has 0 amide bonds. The van der Waals surface area contributed by atoms with Crippen molar-refractivity contribution in [2.75, 3.05) is 6.54 Å². The number of rotatable bonds is 4. The monoisotopic (exact) mass is 428 g/mol. The molecule has 0 radical (unpaired) electrons. The number of halogens is 3. The van der Waals surface area contributed by atoms with Crippen LogP contribution in [0.5, 0.6) is 5.75 Å². The van der Waals surface area contributed by atoms with Gasteiger partial charge in [0.25, 0.3) is 0 Å². The number of aromatic nitrogens is 1. The quantitative estimate of drug-likeness (QED) is 0.514. The smallest absolute Gasteiger partial charge is 0.131 e. The molecule has 0 fully saturated rings. The molecule has 0 aliphatic carbocycles. The van der Waals surface area contributed by atoms with Gasteiger partial charge in [-0.05, 0) is 69.5 Å². The van der Waals surface area contributed by atoms with E-state index in [4.69, 9.17) is 0 Å².